The molecular formula is C25H23N3O4S. The lowest BCUT2D eigenvalue weighted by Crippen LogP contribution is -2.39. The van der Waals surface area contributed by atoms with E-state index >= 15 is 0 Å². The van der Waals surface area contributed by atoms with Crippen molar-refractivity contribution in [3.63, 3.8) is 0 Å². The molecule has 0 aliphatic carbocycles. The van der Waals surface area contributed by atoms with E-state index in [1.807, 2.05) is 47.8 Å². The van der Waals surface area contributed by atoms with Crippen LogP contribution in [0.3, 0.4) is 0 Å². The molecular weight excluding hydrogens is 438 g/mol. The number of hydrogen-bond donors (Lipinski definition) is 0. The molecule has 0 fully saturated rings. The number of carbonyl (C=O) groups is 1. The highest BCUT2D eigenvalue weighted by Crippen LogP contribution is 2.33. The number of thiophene rings is 1. The van der Waals surface area contributed by atoms with Crippen molar-refractivity contribution in [3.8, 4) is 22.6 Å². The first kappa shape index (κ1) is 21.2. The molecule has 5 rings (SSSR count). The number of methoxy groups -OCH3 is 2. The number of fused-ring (bicyclic) bond motifs is 2. The Bertz CT molecular complexity index is 1390. The van der Waals surface area contributed by atoms with Gasteiger partial charge in [-0.1, -0.05) is 30.3 Å². The number of aromatic nitrogens is 2. The summed E-state index contributed by atoms with van der Waals surface area (Å²) < 4.78 is 12.2. The average molecular weight is 462 g/mol. The van der Waals surface area contributed by atoms with Crippen LogP contribution in [0.4, 0.5) is 0 Å². The Balaban J connectivity index is 1.41. The number of amides is 1. The number of benzene rings is 2. The molecule has 33 heavy (non-hydrogen) atoms. The van der Waals surface area contributed by atoms with Crippen molar-refractivity contribution in [2.45, 2.75) is 19.5 Å². The molecule has 1 aliphatic rings. The minimum Gasteiger partial charge on any atom is -0.493 e. The molecule has 0 unspecified atom stereocenters. The van der Waals surface area contributed by atoms with Gasteiger partial charge in [-0.3, -0.25) is 14.2 Å². The standard InChI is InChI=1S/C25H23N3O4S/c1-31-20-10-17-8-9-27(12-18(17)11-21(20)32-2)22(29)13-28-15-26-24-23(25(28)30)19(14-33-24)16-6-4-3-5-7-16/h3-7,10-11,14-15H,8-9,12-13H2,1-2H3. The van der Waals surface area contributed by atoms with Crippen LogP contribution in [0.2, 0.25) is 0 Å². The Morgan fingerprint density at radius 2 is 1.82 bits per heavy atom. The predicted molar refractivity (Wildman–Crippen MR) is 128 cm³/mol. The highest BCUT2D eigenvalue weighted by Gasteiger charge is 2.24. The van der Waals surface area contributed by atoms with Gasteiger partial charge in [0, 0.05) is 24.0 Å². The van der Waals surface area contributed by atoms with Crippen molar-refractivity contribution >= 4 is 27.5 Å². The van der Waals surface area contributed by atoms with Gasteiger partial charge in [0.15, 0.2) is 11.5 Å². The van der Waals surface area contributed by atoms with Gasteiger partial charge in [-0.05, 0) is 35.2 Å². The van der Waals surface area contributed by atoms with E-state index in [9.17, 15) is 9.59 Å². The van der Waals surface area contributed by atoms with Crippen LogP contribution in [0.5, 0.6) is 11.5 Å². The van der Waals surface area contributed by atoms with E-state index in [1.54, 1.807) is 19.1 Å². The topological polar surface area (TPSA) is 73.7 Å². The van der Waals surface area contributed by atoms with Gasteiger partial charge in [-0.25, -0.2) is 4.98 Å². The first-order chi connectivity index (χ1) is 16.1. The largest absolute Gasteiger partial charge is 0.493 e. The molecule has 0 radical (unpaired) electrons. The van der Waals surface area contributed by atoms with E-state index in [0.29, 0.717) is 34.8 Å². The number of carbonyl (C=O) groups excluding carboxylic acids is 1. The third kappa shape index (κ3) is 3.87. The maximum absolute atomic E-state index is 13.3. The molecule has 0 spiro atoms. The van der Waals surface area contributed by atoms with Gasteiger partial charge in [0.2, 0.25) is 5.91 Å². The number of nitrogens with zero attached hydrogens (tertiary/aromatic N) is 3. The lowest BCUT2D eigenvalue weighted by atomic mass is 9.98. The number of hydrogen-bond acceptors (Lipinski definition) is 6. The van der Waals surface area contributed by atoms with E-state index in [1.165, 1.54) is 22.2 Å². The highest BCUT2D eigenvalue weighted by atomic mass is 32.1. The summed E-state index contributed by atoms with van der Waals surface area (Å²) in [4.78, 5) is 33.3. The van der Waals surface area contributed by atoms with Gasteiger partial charge in [0.25, 0.3) is 5.56 Å². The molecule has 4 aromatic rings. The van der Waals surface area contributed by atoms with Crippen LogP contribution in [0.15, 0.2) is 59.0 Å². The Kier molecular flexibility index (Phi) is 5.60. The Morgan fingerprint density at radius 1 is 1.09 bits per heavy atom. The fourth-order valence-electron chi connectivity index (χ4n) is 4.25. The molecule has 0 bridgehead atoms. The smallest absolute Gasteiger partial charge is 0.263 e. The molecule has 2 aromatic carbocycles. The zero-order valence-electron chi connectivity index (χ0n) is 18.4. The highest BCUT2D eigenvalue weighted by molar-refractivity contribution is 7.17. The van der Waals surface area contributed by atoms with Crippen molar-refractivity contribution in [1.29, 1.82) is 0 Å². The van der Waals surface area contributed by atoms with Crippen LogP contribution in [0.1, 0.15) is 11.1 Å². The molecule has 1 amide bonds. The molecule has 7 nitrogen and oxygen atoms in total. The second-order valence-corrected chi connectivity index (χ2v) is 8.77. The zero-order valence-corrected chi connectivity index (χ0v) is 19.2. The average Bonchev–Trinajstić information content (AvgIpc) is 3.30. The maximum atomic E-state index is 13.3. The molecule has 0 saturated carbocycles. The van der Waals surface area contributed by atoms with Crippen molar-refractivity contribution in [2.75, 3.05) is 20.8 Å². The number of ether oxygens (including phenoxy) is 2. The summed E-state index contributed by atoms with van der Waals surface area (Å²) >= 11 is 1.44. The van der Waals surface area contributed by atoms with Gasteiger partial charge >= 0.3 is 0 Å². The van der Waals surface area contributed by atoms with Crippen LogP contribution < -0.4 is 15.0 Å². The van der Waals surface area contributed by atoms with E-state index in [2.05, 4.69) is 4.98 Å². The summed E-state index contributed by atoms with van der Waals surface area (Å²) in [6.07, 6.45) is 2.19. The molecule has 0 saturated heterocycles. The lowest BCUT2D eigenvalue weighted by molar-refractivity contribution is -0.132. The first-order valence-electron chi connectivity index (χ1n) is 10.6. The first-order valence-corrected chi connectivity index (χ1v) is 11.5. The van der Waals surface area contributed by atoms with E-state index in [4.69, 9.17) is 9.47 Å². The van der Waals surface area contributed by atoms with Gasteiger partial charge in [0.1, 0.15) is 11.4 Å². The summed E-state index contributed by atoms with van der Waals surface area (Å²) in [5.74, 6) is 1.21. The van der Waals surface area contributed by atoms with Gasteiger partial charge in [0.05, 0.1) is 25.9 Å². The summed E-state index contributed by atoms with van der Waals surface area (Å²) in [5, 5.41) is 2.51. The minimum atomic E-state index is -0.197. The molecule has 1 aliphatic heterocycles. The van der Waals surface area contributed by atoms with Crippen LogP contribution >= 0.6 is 11.3 Å². The summed E-state index contributed by atoms with van der Waals surface area (Å²) in [5.41, 5.74) is 3.78. The minimum absolute atomic E-state index is 0.0472. The monoisotopic (exact) mass is 461 g/mol. The molecule has 3 heterocycles. The molecule has 168 valence electrons. The van der Waals surface area contributed by atoms with Crippen molar-refractivity contribution in [1.82, 2.24) is 14.5 Å². The van der Waals surface area contributed by atoms with Crippen LogP contribution in [-0.2, 0) is 24.3 Å². The lowest BCUT2D eigenvalue weighted by Gasteiger charge is -2.29. The quantitative estimate of drug-likeness (QED) is 0.453. The molecule has 0 N–H and O–H groups in total. The normalized spacial score (nSPS) is 13.1. The molecule has 0 atom stereocenters. The van der Waals surface area contributed by atoms with E-state index in [0.717, 1.165) is 28.7 Å². The van der Waals surface area contributed by atoms with Gasteiger partial charge in [-0.15, -0.1) is 11.3 Å². The summed E-state index contributed by atoms with van der Waals surface area (Å²) in [6.45, 7) is 1.00. The Labute approximate surface area is 194 Å². The van der Waals surface area contributed by atoms with Gasteiger partial charge in [-0.2, -0.15) is 0 Å². The molecule has 8 heteroatoms. The van der Waals surface area contributed by atoms with Crippen LogP contribution in [0.25, 0.3) is 21.3 Å². The Morgan fingerprint density at radius 3 is 2.55 bits per heavy atom. The second kappa shape index (κ2) is 8.71. The zero-order chi connectivity index (χ0) is 22.9. The van der Waals surface area contributed by atoms with Crippen molar-refractivity contribution < 1.29 is 14.3 Å². The van der Waals surface area contributed by atoms with E-state index in [-0.39, 0.29) is 18.0 Å². The van der Waals surface area contributed by atoms with Crippen molar-refractivity contribution in [3.05, 3.63) is 75.7 Å². The fourth-order valence-corrected chi connectivity index (χ4v) is 5.16. The van der Waals surface area contributed by atoms with Crippen molar-refractivity contribution in [2.24, 2.45) is 0 Å². The summed E-state index contributed by atoms with van der Waals surface area (Å²) in [7, 11) is 3.21. The van der Waals surface area contributed by atoms with Crippen LogP contribution in [0, 0.1) is 0 Å². The van der Waals surface area contributed by atoms with Crippen LogP contribution in [-0.4, -0.2) is 41.1 Å². The second-order valence-electron chi connectivity index (χ2n) is 7.91. The van der Waals surface area contributed by atoms with E-state index < -0.39 is 0 Å². The third-order valence-corrected chi connectivity index (χ3v) is 6.91. The Hall–Kier alpha value is -3.65. The predicted octanol–water partition coefficient (Wildman–Crippen LogP) is 3.73. The third-order valence-electron chi connectivity index (χ3n) is 6.02. The maximum Gasteiger partial charge on any atom is 0.263 e. The van der Waals surface area contributed by atoms with Gasteiger partial charge < -0.3 is 14.4 Å². The SMILES string of the molecule is COc1cc2c(cc1OC)CN(C(=O)Cn1cnc3scc(-c4ccccc4)c3c1=O)CC2. The fraction of sp³-hybridized carbons (Fsp3) is 0.240. The molecule has 2 aromatic heterocycles. The summed E-state index contributed by atoms with van der Waals surface area (Å²) in [6, 6.07) is 13.7. The number of rotatable bonds is 5.